The van der Waals surface area contributed by atoms with Crippen LogP contribution in [0, 0.1) is 0 Å². The number of aliphatic carboxylic acids is 2. The van der Waals surface area contributed by atoms with E-state index >= 15 is 0 Å². The molecule has 0 aromatic rings. The van der Waals surface area contributed by atoms with Crippen molar-refractivity contribution in [1.82, 2.24) is 0 Å². The summed E-state index contributed by atoms with van der Waals surface area (Å²) >= 11 is 0. The van der Waals surface area contributed by atoms with E-state index in [4.69, 9.17) is 0 Å². The average Bonchev–Trinajstić information content (AvgIpc) is 2.93. The molecule has 0 aliphatic rings. The molecule has 0 amide bonds. The molecule has 0 unspecified atom stereocenters. The van der Waals surface area contributed by atoms with Crippen LogP contribution < -0.4 is 10.2 Å². The van der Waals surface area contributed by atoms with E-state index in [2.05, 4.69) is 13.8 Å². The molecule has 0 aromatic carbocycles. The van der Waals surface area contributed by atoms with E-state index in [1.165, 1.54) is 167 Å². The topological polar surface area (TPSA) is 80.3 Å². The molecule has 0 heterocycles. The number of carbonyl (C=O) groups excluding carboxylic acids is 2. The fraction of sp³-hybridized carbons (Fsp3) is 0.944. The van der Waals surface area contributed by atoms with Gasteiger partial charge < -0.3 is 19.8 Å². The Kier molecular flexibility index (Phi) is 53.4. The molecule has 248 valence electrons. The molecule has 4 nitrogen and oxygen atoms in total. The summed E-state index contributed by atoms with van der Waals surface area (Å²) in [6.45, 7) is 4.53. The third-order valence-electron chi connectivity index (χ3n) is 7.97. The van der Waals surface area contributed by atoms with Gasteiger partial charge in [-0.1, -0.05) is 194 Å². The molecule has 0 saturated heterocycles. The molecule has 0 spiro atoms. The van der Waals surface area contributed by atoms with Gasteiger partial charge in [0.05, 0.1) is 0 Å². The summed E-state index contributed by atoms with van der Waals surface area (Å²) in [5, 5.41) is 20.4. The predicted octanol–water partition coefficient (Wildman–Crippen LogP) is 8.70. The molecule has 0 aliphatic carbocycles. The molecule has 0 bridgehead atoms. The van der Waals surface area contributed by atoms with E-state index in [0.717, 1.165) is 25.7 Å². The zero-order chi connectivity index (χ0) is 29.8. The van der Waals surface area contributed by atoms with Crippen molar-refractivity contribution in [3.8, 4) is 0 Å². The summed E-state index contributed by atoms with van der Waals surface area (Å²) in [7, 11) is 0. The van der Waals surface area contributed by atoms with Crippen LogP contribution in [-0.2, 0) is 9.59 Å². The van der Waals surface area contributed by atoms with Gasteiger partial charge in [0.2, 0.25) is 0 Å². The van der Waals surface area contributed by atoms with Gasteiger partial charge in [0.25, 0.3) is 0 Å². The van der Waals surface area contributed by atoms with Crippen LogP contribution in [0.3, 0.4) is 0 Å². The molecule has 0 atom stereocenters. The molecule has 42 heavy (non-hydrogen) atoms. The predicted molar refractivity (Wildman–Crippen MR) is 183 cm³/mol. The van der Waals surface area contributed by atoms with E-state index < -0.39 is 11.9 Å². The van der Waals surface area contributed by atoms with Gasteiger partial charge in [-0.05, 0) is 25.7 Å². The van der Waals surface area contributed by atoms with Crippen molar-refractivity contribution in [2.75, 3.05) is 0 Å². The van der Waals surface area contributed by atoms with Crippen molar-refractivity contribution in [2.45, 2.75) is 219 Å². The number of unbranched alkanes of at least 4 members (excludes halogenated alkanes) is 28. The number of rotatable bonds is 32. The number of carboxylic acids is 2. The van der Waals surface area contributed by atoms with E-state index in [0.29, 0.717) is 0 Å². The quantitative estimate of drug-likeness (QED) is 0.0529. The molecule has 0 rings (SSSR count). The summed E-state index contributed by atoms with van der Waals surface area (Å²) in [5.74, 6) is -1.81. The van der Waals surface area contributed by atoms with Crippen molar-refractivity contribution in [3.05, 3.63) is 0 Å². The first kappa shape index (κ1) is 49.1. The second-order valence-electron chi connectivity index (χ2n) is 12.1. The van der Waals surface area contributed by atoms with Crippen molar-refractivity contribution >= 4 is 52.1 Å². The van der Waals surface area contributed by atoms with Gasteiger partial charge in [-0.15, -0.1) is 0 Å². The van der Waals surface area contributed by atoms with Gasteiger partial charge in [0.1, 0.15) is 0 Å². The summed E-state index contributed by atoms with van der Waals surface area (Å²) in [6.07, 6.45) is 39.7. The Bertz CT molecular complexity index is 461. The summed E-state index contributed by atoms with van der Waals surface area (Å²) in [6, 6.07) is 0. The Labute approximate surface area is 289 Å². The van der Waals surface area contributed by atoms with Crippen LogP contribution in [0.1, 0.15) is 219 Å². The maximum atomic E-state index is 10.2. The zero-order valence-corrected chi connectivity index (χ0v) is 32.0. The van der Waals surface area contributed by atoms with E-state index in [1.807, 2.05) is 0 Å². The Morgan fingerprint density at radius 1 is 0.333 bits per heavy atom. The van der Waals surface area contributed by atoms with Crippen molar-refractivity contribution < 1.29 is 19.8 Å². The van der Waals surface area contributed by atoms with Gasteiger partial charge in [-0.25, -0.2) is 0 Å². The summed E-state index contributed by atoms with van der Waals surface area (Å²) < 4.78 is 0. The van der Waals surface area contributed by atoms with Crippen LogP contribution in [-0.4, -0.2) is 52.1 Å². The molecule has 0 aliphatic heterocycles. The van der Waals surface area contributed by atoms with Gasteiger partial charge in [0, 0.05) is 11.9 Å². The summed E-state index contributed by atoms with van der Waals surface area (Å²) in [5.41, 5.74) is 0. The Hall–Kier alpha value is 0.226. The molecule has 0 N–H and O–H groups in total. The van der Waals surface area contributed by atoms with Crippen LogP contribution in [0.15, 0.2) is 0 Å². The van der Waals surface area contributed by atoms with Gasteiger partial charge in [-0.2, -0.15) is 0 Å². The normalized spacial score (nSPS) is 10.3. The first-order valence-electron chi connectivity index (χ1n) is 17.9. The van der Waals surface area contributed by atoms with Gasteiger partial charge >= 0.3 is 40.1 Å². The van der Waals surface area contributed by atoms with Gasteiger partial charge in [-0.3, -0.25) is 0 Å². The van der Waals surface area contributed by atoms with Crippen LogP contribution in [0.2, 0.25) is 0 Å². The first-order chi connectivity index (χ1) is 19.5. The maximum absolute atomic E-state index is 10.2. The third kappa shape index (κ3) is 52.8. The van der Waals surface area contributed by atoms with Crippen molar-refractivity contribution in [3.63, 3.8) is 0 Å². The molecule has 0 saturated carbocycles. The van der Waals surface area contributed by atoms with Crippen molar-refractivity contribution in [1.29, 1.82) is 0 Å². The molecular formula is C36H72MgO4Se. The monoisotopic (exact) mass is 672 g/mol. The minimum atomic E-state index is -0.903. The van der Waals surface area contributed by atoms with Crippen LogP contribution >= 0.6 is 0 Å². The fourth-order valence-electron chi connectivity index (χ4n) is 5.28. The summed E-state index contributed by atoms with van der Waals surface area (Å²) in [4.78, 5) is 20.4. The zero-order valence-electron chi connectivity index (χ0n) is 28.5. The van der Waals surface area contributed by atoms with E-state index in [1.54, 1.807) is 0 Å². The standard InChI is InChI=1S/2C18H36O2.Mg.H2Se/c2*1-2-3-4-5-6-7-8-9-10-11-12-13-14-15-16-17-18(19)20;;/h2*2-17H2,1H3,(H,19,20);;1H2/q;;+2;/p-2. The molecule has 0 fully saturated rings. The molecule has 0 radical (unpaired) electrons. The fourth-order valence-corrected chi connectivity index (χ4v) is 5.28. The van der Waals surface area contributed by atoms with Gasteiger partial charge in [0.15, 0.2) is 0 Å². The van der Waals surface area contributed by atoms with Crippen LogP contribution in [0.25, 0.3) is 0 Å². The van der Waals surface area contributed by atoms with Crippen LogP contribution in [0.4, 0.5) is 0 Å². The first-order valence-corrected chi connectivity index (χ1v) is 17.9. The Morgan fingerprint density at radius 3 is 0.619 bits per heavy atom. The molecular weight excluding hydrogens is 600 g/mol. The molecule has 0 aromatic heterocycles. The Morgan fingerprint density at radius 2 is 0.476 bits per heavy atom. The van der Waals surface area contributed by atoms with E-state index in [9.17, 15) is 19.8 Å². The molecule has 6 heteroatoms. The number of hydrogen-bond acceptors (Lipinski definition) is 4. The van der Waals surface area contributed by atoms with Crippen molar-refractivity contribution in [2.24, 2.45) is 0 Å². The van der Waals surface area contributed by atoms with E-state index in [-0.39, 0.29) is 53.0 Å². The minimum absolute atomic E-state index is 0. The number of carbonyl (C=O) groups is 2. The average molecular weight is 672 g/mol. The van der Waals surface area contributed by atoms with Crippen LogP contribution in [0.5, 0.6) is 0 Å². The Balaban J connectivity index is -0.000000328. The SMILES string of the molecule is CCCCCCCCCCCCCCCCCC(=O)[O-].CCCCCCCCCCCCCCCCCC(=O)[O-].[Mg+2].[SeH2]. The third-order valence-corrected chi connectivity index (χ3v) is 7.97. The second kappa shape index (κ2) is 45.7. The second-order valence-corrected chi connectivity index (χ2v) is 12.1. The number of hydrogen-bond donors (Lipinski definition) is 0. The number of carboxylic acid groups (broad SMARTS) is 2.